The Balaban J connectivity index is 2.02. The molecule has 0 radical (unpaired) electrons. The number of anilines is 1. The molecule has 0 bridgehead atoms. The van der Waals surface area contributed by atoms with Crippen LogP contribution in [0, 0.1) is 0 Å². The fourth-order valence-corrected chi connectivity index (χ4v) is 2.27. The second-order valence-corrected chi connectivity index (χ2v) is 5.07. The number of nitrogens with two attached hydrogens (primary N) is 2. The van der Waals surface area contributed by atoms with Crippen molar-refractivity contribution >= 4 is 11.6 Å². The molecule has 0 saturated carbocycles. The second kappa shape index (κ2) is 6.90. The molecule has 2 aromatic rings. The highest BCUT2D eigenvalue weighted by Crippen LogP contribution is 2.13. The molecule has 2 rings (SSSR count). The van der Waals surface area contributed by atoms with Gasteiger partial charge in [0, 0.05) is 44.1 Å². The summed E-state index contributed by atoms with van der Waals surface area (Å²) in [7, 11) is 1.91. The fourth-order valence-electron chi connectivity index (χ4n) is 2.27. The van der Waals surface area contributed by atoms with Crippen LogP contribution in [-0.2, 0) is 24.8 Å². The molecule has 0 unspecified atom stereocenters. The predicted octanol–water partition coefficient (Wildman–Crippen LogP) is 0.532. The van der Waals surface area contributed by atoms with Gasteiger partial charge in [0.15, 0.2) is 0 Å². The average molecular weight is 287 g/mol. The summed E-state index contributed by atoms with van der Waals surface area (Å²) in [5.41, 5.74) is 14.1. The third-order valence-corrected chi connectivity index (χ3v) is 3.44. The largest absolute Gasteiger partial charge is 0.398 e. The maximum atomic E-state index is 11.2. The number of para-hydroxylation sites is 1. The van der Waals surface area contributed by atoms with Gasteiger partial charge in [-0.05, 0) is 17.7 Å². The summed E-state index contributed by atoms with van der Waals surface area (Å²) in [6, 6.07) is 9.63. The zero-order chi connectivity index (χ0) is 15.2. The number of benzene rings is 1. The van der Waals surface area contributed by atoms with Crippen LogP contribution in [0.1, 0.15) is 11.3 Å². The van der Waals surface area contributed by atoms with Crippen molar-refractivity contribution in [1.29, 1.82) is 0 Å². The monoisotopic (exact) mass is 287 g/mol. The fraction of sp³-hybridized carbons (Fsp3) is 0.333. The van der Waals surface area contributed by atoms with E-state index in [1.165, 1.54) is 0 Å². The van der Waals surface area contributed by atoms with Gasteiger partial charge < -0.3 is 11.5 Å². The summed E-state index contributed by atoms with van der Waals surface area (Å²) in [4.78, 5) is 13.2. The number of nitrogen functional groups attached to an aromatic ring is 1. The van der Waals surface area contributed by atoms with Crippen LogP contribution in [0.5, 0.6) is 0 Å². The van der Waals surface area contributed by atoms with Crippen molar-refractivity contribution in [2.45, 2.75) is 13.0 Å². The molecule has 112 valence electrons. The van der Waals surface area contributed by atoms with Gasteiger partial charge in [-0.1, -0.05) is 18.2 Å². The van der Waals surface area contributed by atoms with Crippen molar-refractivity contribution < 1.29 is 4.79 Å². The van der Waals surface area contributed by atoms with Crippen molar-refractivity contribution in [3.8, 4) is 0 Å². The quantitative estimate of drug-likeness (QED) is 0.727. The Morgan fingerprint density at radius 2 is 2.10 bits per heavy atom. The van der Waals surface area contributed by atoms with Gasteiger partial charge in [0.2, 0.25) is 5.91 Å². The number of hydrogen-bond acceptors (Lipinski definition) is 4. The van der Waals surface area contributed by atoms with Gasteiger partial charge in [-0.15, -0.1) is 0 Å². The smallest absolute Gasteiger partial charge is 0.231 e. The Hall–Kier alpha value is -2.34. The number of hydrogen-bond donors (Lipinski definition) is 2. The number of nitrogens with zero attached hydrogens (tertiary/aromatic N) is 3. The van der Waals surface area contributed by atoms with Gasteiger partial charge in [-0.2, -0.15) is 5.10 Å². The van der Waals surface area contributed by atoms with Crippen LogP contribution in [0.15, 0.2) is 36.5 Å². The third-order valence-electron chi connectivity index (χ3n) is 3.44. The number of carbonyl (C=O) groups excluding carboxylic acids is 1. The van der Waals surface area contributed by atoms with E-state index >= 15 is 0 Å². The van der Waals surface area contributed by atoms with Gasteiger partial charge in [0.1, 0.15) is 0 Å². The Morgan fingerprint density at radius 3 is 2.71 bits per heavy atom. The number of rotatable bonds is 7. The SMILES string of the molecule is Cn1nccc1CCN(CC(N)=O)Cc1ccccc1N. The van der Waals surface area contributed by atoms with Crippen LogP contribution < -0.4 is 11.5 Å². The molecule has 1 aromatic heterocycles. The number of aromatic nitrogens is 2. The molecule has 6 nitrogen and oxygen atoms in total. The average Bonchev–Trinajstić information content (AvgIpc) is 2.83. The summed E-state index contributed by atoms with van der Waals surface area (Å²) in [5, 5.41) is 4.14. The Bertz CT molecular complexity index is 608. The zero-order valence-corrected chi connectivity index (χ0v) is 12.2. The lowest BCUT2D eigenvalue weighted by Gasteiger charge is -2.21. The van der Waals surface area contributed by atoms with Crippen LogP contribution in [0.2, 0.25) is 0 Å². The molecule has 6 heteroatoms. The van der Waals surface area contributed by atoms with Gasteiger partial charge in [-0.25, -0.2) is 0 Å². The lowest BCUT2D eigenvalue weighted by atomic mass is 10.1. The summed E-state index contributed by atoms with van der Waals surface area (Å²) >= 11 is 0. The lowest BCUT2D eigenvalue weighted by Crippen LogP contribution is -2.35. The first-order chi connectivity index (χ1) is 10.1. The van der Waals surface area contributed by atoms with Crippen LogP contribution in [0.4, 0.5) is 5.69 Å². The highest BCUT2D eigenvalue weighted by molar-refractivity contribution is 5.75. The Labute approximate surface area is 124 Å². The first-order valence-corrected chi connectivity index (χ1v) is 6.87. The number of amides is 1. The maximum Gasteiger partial charge on any atom is 0.231 e. The van der Waals surface area contributed by atoms with Gasteiger partial charge in [0.05, 0.1) is 6.54 Å². The van der Waals surface area contributed by atoms with Crippen molar-refractivity contribution in [2.75, 3.05) is 18.8 Å². The van der Waals surface area contributed by atoms with E-state index in [0.717, 1.165) is 29.9 Å². The van der Waals surface area contributed by atoms with Crippen molar-refractivity contribution in [2.24, 2.45) is 12.8 Å². The molecule has 0 atom stereocenters. The minimum absolute atomic E-state index is 0.214. The molecule has 1 aromatic carbocycles. The van der Waals surface area contributed by atoms with E-state index in [0.29, 0.717) is 6.54 Å². The summed E-state index contributed by atoms with van der Waals surface area (Å²) in [5.74, 6) is -0.338. The normalized spacial score (nSPS) is 11.0. The van der Waals surface area contributed by atoms with Gasteiger partial charge in [-0.3, -0.25) is 14.4 Å². The molecule has 0 aliphatic heterocycles. The molecule has 0 saturated heterocycles. The van der Waals surface area contributed by atoms with Crippen LogP contribution in [-0.4, -0.2) is 33.7 Å². The van der Waals surface area contributed by atoms with E-state index in [4.69, 9.17) is 11.5 Å². The minimum atomic E-state index is -0.338. The standard InChI is InChI=1S/C15H21N5O/c1-19-13(6-8-18-19)7-9-20(11-15(17)21)10-12-4-2-3-5-14(12)16/h2-6,8H,7,9-11,16H2,1H3,(H2,17,21). The van der Waals surface area contributed by atoms with E-state index in [-0.39, 0.29) is 12.5 Å². The first kappa shape index (κ1) is 15.1. The maximum absolute atomic E-state index is 11.2. The molecule has 1 heterocycles. The molecule has 21 heavy (non-hydrogen) atoms. The summed E-state index contributed by atoms with van der Waals surface area (Å²) in [6.07, 6.45) is 2.57. The Morgan fingerprint density at radius 1 is 1.33 bits per heavy atom. The third kappa shape index (κ3) is 4.32. The highest BCUT2D eigenvalue weighted by atomic mass is 16.1. The van der Waals surface area contributed by atoms with Gasteiger partial charge >= 0.3 is 0 Å². The van der Waals surface area contributed by atoms with Crippen LogP contribution in [0.3, 0.4) is 0 Å². The van der Waals surface area contributed by atoms with Crippen LogP contribution >= 0.6 is 0 Å². The zero-order valence-electron chi connectivity index (χ0n) is 12.2. The van der Waals surface area contributed by atoms with Crippen LogP contribution in [0.25, 0.3) is 0 Å². The van der Waals surface area contributed by atoms with Crippen molar-refractivity contribution in [3.63, 3.8) is 0 Å². The van der Waals surface area contributed by atoms with E-state index in [1.54, 1.807) is 6.20 Å². The molecular formula is C15H21N5O. The van der Waals surface area contributed by atoms with Crippen molar-refractivity contribution in [1.82, 2.24) is 14.7 Å². The molecular weight excluding hydrogens is 266 g/mol. The summed E-state index contributed by atoms with van der Waals surface area (Å²) in [6.45, 7) is 1.54. The van der Waals surface area contributed by atoms with E-state index in [2.05, 4.69) is 5.10 Å². The second-order valence-electron chi connectivity index (χ2n) is 5.07. The molecule has 1 amide bonds. The summed E-state index contributed by atoms with van der Waals surface area (Å²) < 4.78 is 1.83. The number of aryl methyl sites for hydroxylation is 1. The van der Waals surface area contributed by atoms with E-state index < -0.39 is 0 Å². The topological polar surface area (TPSA) is 90.2 Å². The number of primary amides is 1. The van der Waals surface area contributed by atoms with Crippen molar-refractivity contribution in [3.05, 3.63) is 47.8 Å². The molecule has 0 aliphatic rings. The lowest BCUT2D eigenvalue weighted by molar-refractivity contribution is -0.119. The number of carbonyl (C=O) groups is 1. The van der Waals surface area contributed by atoms with E-state index in [1.807, 2.05) is 47.0 Å². The molecule has 4 N–H and O–H groups in total. The highest BCUT2D eigenvalue weighted by Gasteiger charge is 2.11. The first-order valence-electron chi connectivity index (χ1n) is 6.87. The van der Waals surface area contributed by atoms with Gasteiger partial charge in [0.25, 0.3) is 0 Å². The molecule has 0 fully saturated rings. The minimum Gasteiger partial charge on any atom is -0.398 e. The molecule has 0 aliphatic carbocycles. The van der Waals surface area contributed by atoms with E-state index in [9.17, 15) is 4.79 Å². The Kier molecular flexibility index (Phi) is 4.94. The predicted molar refractivity (Wildman–Crippen MR) is 82.2 cm³/mol. The molecule has 0 spiro atoms.